The first-order valence-corrected chi connectivity index (χ1v) is 5.32. The van der Waals surface area contributed by atoms with Crippen molar-refractivity contribution in [2.75, 3.05) is 0 Å². The molecule has 0 spiro atoms. The molecule has 0 bridgehead atoms. The maximum atomic E-state index is 13.4. The number of hydrogen-bond acceptors (Lipinski definition) is 3. The highest BCUT2D eigenvalue weighted by atomic mass is 32.1. The van der Waals surface area contributed by atoms with Gasteiger partial charge in [0.25, 0.3) is 0 Å². The van der Waals surface area contributed by atoms with Gasteiger partial charge in [-0.05, 0) is 12.1 Å². The summed E-state index contributed by atoms with van der Waals surface area (Å²) in [5.74, 6) is -0.287. The normalized spacial score (nSPS) is 10.2. The third kappa shape index (κ3) is 2.10. The smallest absolute Gasteiger partial charge is 0.133 e. The predicted molar refractivity (Wildman–Crippen MR) is 57.3 cm³/mol. The molecule has 0 radical (unpaired) electrons. The van der Waals surface area contributed by atoms with E-state index in [9.17, 15) is 9.18 Å². The van der Waals surface area contributed by atoms with Crippen LogP contribution in [0.15, 0.2) is 29.6 Å². The number of aldehydes is 1. The lowest BCUT2D eigenvalue weighted by atomic mass is 10.2. The number of nitrogens with zero attached hydrogens (tertiary/aromatic N) is 1. The largest absolute Gasteiger partial charge is 0.303 e. The van der Waals surface area contributed by atoms with Gasteiger partial charge in [-0.25, -0.2) is 9.37 Å². The van der Waals surface area contributed by atoms with E-state index in [2.05, 4.69) is 4.98 Å². The lowest BCUT2D eigenvalue weighted by Crippen LogP contribution is -1.87. The molecule has 0 saturated carbocycles. The average molecular weight is 221 g/mol. The van der Waals surface area contributed by atoms with E-state index in [0.29, 0.717) is 16.3 Å². The van der Waals surface area contributed by atoms with Crippen molar-refractivity contribution in [3.63, 3.8) is 0 Å². The molecular formula is C11H8FNOS. The molecule has 1 heterocycles. The van der Waals surface area contributed by atoms with Gasteiger partial charge in [0.2, 0.25) is 0 Å². The van der Waals surface area contributed by atoms with Gasteiger partial charge in [0.05, 0.1) is 5.69 Å². The summed E-state index contributed by atoms with van der Waals surface area (Å²) in [7, 11) is 0. The maximum absolute atomic E-state index is 13.4. The van der Waals surface area contributed by atoms with Crippen molar-refractivity contribution in [3.8, 4) is 10.6 Å². The van der Waals surface area contributed by atoms with E-state index in [0.717, 1.165) is 6.29 Å². The van der Waals surface area contributed by atoms with Crippen molar-refractivity contribution in [3.05, 3.63) is 41.2 Å². The highest BCUT2D eigenvalue weighted by Gasteiger charge is 2.08. The minimum absolute atomic E-state index is 0.283. The Morgan fingerprint density at radius 2 is 2.20 bits per heavy atom. The van der Waals surface area contributed by atoms with Gasteiger partial charge < -0.3 is 4.79 Å². The fraction of sp³-hybridized carbons (Fsp3) is 0.0909. The van der Waals surface area contributed by atoms with Crippen LogP contribution >= 0.6 is 11.3 Å². The van der Waals surface area contributed by atoms with Crippen LogP contribution in [0.5, 0.6) is 0 Å². The Labute approximate surface area is 90.4 Å². The molecule has 0 aliphatic rings. The maximum Gasteiger partial charge on any atom is 0.133 e. The van der Waals surface area contributed by atoms with E-state index in [1.807, 2.05) is 0 Å². The summed E-state index contributed by atoms with van der Waals surface area (Å²) in [5, 5.41) is 2.39. The molecule has 1 aromatic carbocycles. The highest BCUT2D eigenvalue weighted by molar-refractivity contribution is 7.13. The molecule has 2 nitrogen and oxygen atoms in total. The molecule has 0 unspecified atom stereocenters. The third-order valence-electron chi connectivity index (χ3n) is 1.95. The molecule has 4 heteroatoms. The van der Waals surface area contributed by atoms with Gasteiger partial charge in [-0.1, -0.05) is 12.1 Å². The standard InChI is InChI=1S/C11H8FNOS/c12-10-4-2-1-3-9(10)11-13-8(5-6-14)7-15-11/h1-4,6-7H,5H2. The molecule has 0 atom stereocenters. The fourth-order valence-electron chi connectivity index (χ4n) is 1.24. The molecule has 0 amide bonds. The Bertz CT molecular complexity index is 481. The van der Waals surface area contributed by atoms with Crippen molar-refractivity contribution < 1.29 is 9.18 Å². The topological polar surface area (TPSA) is 30.0 Å². The lowest BCUT2D eigenvalue weighted by Gasteiger charge is -1.96. The van der Waals surface area contributed by atoms with Crippen LogP contribution < -0.4 is 0 Å². The van der Waals surface area contributed by atoms with Crippen molar-refractivity contribution >= 4 is 17.6 Å². The first-order valence-electron chi connectivity index (χ1n) is 4.44. The quantitative estimate of drug-likeness (QED) is 0.746. The SMILES string of the molecule is O=CCc1csc(-c2ccccc2F)n1. The molecule has 0 N–H and O–H groups in total. The Balaban J connectivity index is 2.37. The van der Waals surface area contributed by atoms with Crippen LogP contribution in [0.1, 0.15) is 5.69 Å². The molecule has 0 saturated heterocycles. The van der Waals surface area contributed by atoms with E-state index >= 15 is 0 Å². The number of aromatic nitrogens is 1. The van der Waals surface area contributed by atoms with Gasteiger partial charge in [-0.3, -0.25) is 0 Å². The number of benzene rings is 1. The number of thiazole rings is 1. The molecule has 0 aliphatic carbocycles. The summed E-state index contributed by atoms with van der Waals surface area (Å²) in [6.45, 7) is 0. The van der Waals surface area contributed by atoms with Crippen LogP contribution in [0.2, 0.25) is 0 Å². The number of rotatable bonds is 3. The van der Waals surface area contributed by atoms with Crippen molar-refractivity contribution in [2.24, 2.45) is 0 Å². The van der Waals surface area contributed by atoms with E-state index in [4.69, 9.17) is 0 Å². The molecule has 0 fully saturated rings. The molecule has 0 aliphatic heterocycles. The molecule has 2 rings (SSSR count). The second-order valence-electron chi connectivity index (χ2n) is 2.99. The van der Waals surface area contributed by atoms with E-state index in [1.165, 1.54) is 17.4 Å². The van der Waals surface area contributed by atoms with Gasteiger partial charge in [0.15, 0.2) is 0 Å². The predicted octanol–water partition coefficient (Wildman–Crippen LogP) is 2.69. The lowest BCUT2D eigenvalue weighted by molar-refractivity contribution is -0.107. The summed E-state index contributed by atoms with van der Waals surface area (Å²) < 4.78 is 13.4. The van der Waals surface area contributed by atoms with Crippen LogP contribution in [-0.4, -0.2) is 11.3 Å². The van der Waals surface area contributed by atoms with Gasteiger partial charge in [0.1, 0.15) is 17.1 Å². The minimum atomic E-state index is -0.287. The Kier molecular flexibility index (Phi) is 2.87. The number of hydrogen-bond donors (Lipinski definition) is 0. The monoisotopic (exact) mass is 221 g/mol. The zero-order chi connectivity index (χ0) is 10.7. The first-order chi connectivity index (χ1) is 7.31. The van der Waals surface area contributed by atoms with Gasteiger partial charge in [-0.2, -0.15) is 0 Å². The second kappa shape index (κ2) is 4.31. The number of halogens is 1. The minimum Gasteiger partial charge on any atom is -0.303 e. The molecule has 15 heavy (non-hydrogen) atoms. The zero-order valence-corrected chi connectivity index (χ0v) is 8.63. The van der Waals surface area contributed by atoms with Crippen LogP contribution in [0.25, 0.3) is 10.6 Å². The summed E-state index contributed by atoms with van der Waals surface area (Å²) in [6, 6.07) is 6.48. The van der Waals surface area contributed by atoms with E-state index in [1.54, 1.807) is 23.6 Å². The Hall–Kier alpha value is -1.55. The summed E-state index contributed by atoms with van der Waals surface area (Å²) in [4.78, 5) is 14.5. The van der Waals surface area contributed by atoms with E-state index in [-0.39, 0.29) is 12.2 Å². The van der Waals surface area contributed by atoms with Gasteiger partial charge in [0, 0.05) is 17.4 Å². The van der Waals surface area contributed by atoms with Crippen LogP contribution in [0.3, 0.4) is 0 Å². The van der Waals surface area contributed by atoms with Crippen molar-refractivity contribution in [1.29, 1.82) is 0 Å². The first kappa shape index (κ1) is 9.98. The summed E-state index contributed by atoms with van der Waals surface area (Å²) in [5.41, 5.74) is 1.17. The van der Waals surface area contributed by atoms with Crippen LogP contribution in [-0.2, 0) is 11.2 Å². The third-order valence-corrected chi connectivity index (χ3v) is 2.87. The van der Waals surface area contributed by atoms with Crippen molar-refractivity contribution in [1.82, 2.24) is 4.98 Å². The van der Waals surface area contributed by atoms with E-state index < -0.39 is 0 Å². The number of carbonyl (C=O) groups is 1. The van der Waals surface area contributed by atoms with Crippen LogP contribution in [0, 0.1) is 5.82 Å². The molecule has 76 valence electrons. The second-order valence-corrected chi connectivity index (χ2v) is 3.85. The summed E-state index contributed by atoms with van der Waals surface area (Å²) >= 11 is 1.35. The Morgan fingerprint density at radius 3 is 2.93 bits per heavy atom. The Morgan fingerprint density at radius 1 is 1.40 bits per heavy atom. The number of carbonyl (C=O) groups excluding carboxylic acids is 1. The highest BCUT2D eigenvalue weighted by Crippen LogP contribution is 2.25. The van der Waals surface area contributed by atoms with Crippen molar-refractivity contribution in [2.45, 2.75) is 6.42 Å². The zero-order valence-electron chi connectivity index (χ0n) is 7.81. The average Bonchev–Trinajstić information content (AvgIpc) is 2.68. The van der Waals surface area contributed by atoms with Crippen LogP contribution in [0.4, 0.5) is 4.39 Å². The molecule has 1 aromatic heterocycles. The molecule has 2 aromatic rings. The van der Waals surface area contributed by atoms with Gasteiger partial charge in [-0.15, -0.1) is 11.3 Å². The fourth-order valence-corrected chi connectivity index (χ4v) is 2.10. The molecular weight excluding hydrogens is 213 g/mol. The van der Waals surface area contributed by atoms with Gasteiger partial charge >= 0.3 is 0 Å². The summed E-state index contributed by atoms with van der Waals surface area (Å²) in [6.07, 6.45) is 1.07.